The van der Waals surface area contributed by atoms with Gasteiger partial charge in [-0.05, 0) is 30.5 Å². The number of fused-ring (bicyclic) bond motifs is 1. The first kappa shape index (κ1) is 11.7. The van der Waals surface area contributed by atoms with Gasteiger partial charge in [-0.2, -0.15) is 0 Å². The van der Waals surface area contributed by atoms with Crippen LogP contribution >= 0.6 is 0 Å². The Balaban J connectivity index is 2.16. The average Bonchev–Trinajstić information content (AvgIpc) is 2.47. The second kappa shape index (κ2) is 5.06. The molecule has 2 heterocycles. The highest BCUT2D eigenvalue weighted by molar-refractivity contribution is 5.95. The minimum absolute atomic E-state index is 0.869. The smallest absolute Gasteiger partial charge is 0.126 e. The fourth-order valence-electron chi connectivity index (χ4n) is 2.20. The molecule has 0 amide bonds. The number of rotatable bonds is 3. The largest absolute Gasteiger partial charge is 0.370 e. The summed E-state index contributed by atoms with van der Waals surface area (Å²) in [6.07, 6.45) is 3.71. The number of benzene rings is 1. The molecule has 2 aromatic heterocycles. The Bertz CT molecular complexity index is 702. The third-order valence-corrected chi connectivity index (χ3v) is 3.07. The fraction of sp³-hybridized carbons (Fsp3) is 0.125. The van der Waals surface area contributed by atoms with Crippen LogP contribution in [-0.4, -0.2) is 16.5 Å². The van der Waals surface area contributed by atoms with Crippen molar-refractivity contribution in [2.24, 2.45) is 0 Å². The van der Waals surface area contributed by atoms with Crippen LogP contribution in [0.15, 0.2) is 54.9 Å². The number of nitrogens with zero attached hydrogens (tertiary/aromatic N) is 2. The number of anilines is 1. The summed E-state index contributed by atoms with van der Waals surface area (Å²) in [5.41, 5.74) is 2.09. The third kappa shape index (κ3) is 2.27. The summed E-state index contributed by atoms with van der Waals surface area (Å²) in [4.78, 5) is 8.86. The van der Waals surface area contributed by atoms with Crippen molar-refractivity contribution in [1.82, 2.24) is 9.97 Å². The van der Waals surface area contributed by atoms with Gasteiger partial charge >= 0.3 is 0 Å². The zero-order chi connectivity index (χ0) is 13.1. The maximum atomic E-state index is 4.64. The minimum Gasteiger partial charge on any atom is -0.370 e. The molecule has 0 atom stereocenters. The molecule has 3 aromatic rings. The van der Waals surface area contributed by atoms with Crippen molar-refractivity contribution in [1.29, 1.82) is 0 Å². The van der Waals surface area contributed by atoms with Crippen LogP contribution in [0.25, 0.3) is 22.0 Å². The minimum atomic E-state index is 0.869. The number of aromatic nitrogens is 2. The molecule has 0 saturated heterocycles. The molecule has 0 saturated carbocycles. The van der Waals surface area contributed by atoms with Gasteiger partial charge in [0, 0.05) is 29.9 Å². The van der Waals surface area contributed by atoms with Crippen LogP contribution in [0, 0.1) is 0 Å². The molecule has 3 nitrogen and oxygen atoms in total. The highest BCUT2D eigenvalue weighted by atomic mass is 15.0. The van der Waals surface area contributed by atoms with Crippen molar-refractivity contribution in [2.45, 2.75) is 6.92 Å². The first-order valence-electron chi connectivity index (χ1n) is 6.42. The highest BCUT2D eigenvalue weighted by Crippen LogP contribution is 2.27. The van der Waals surface area contributed by atoms with Gasteiger partial charge < -0.3 is 5.32 Å². The Morgan fingerprint density at radius 1 is 1.05 bits per heavy atom. The monoisotopic (exact) mass is 249 g/mol. The summed E-state index contributed by atoms with van der Waals surface area (Å²) >= 11 is 0. The first-order chi connectivity index (χ1) is 9.38. The summed E-state index contributed by atoms with van der Waals surface area (Å²) in [5.74, 6) is 0.904. The molecule has 94 valence electrons. The number of hydrogen-bond acceptors (Lipinski definition) is 3. The van der Waals surface area contributed by atoms with Gasteiger partial charge in [0.05, 0.1) is 5.69 Å². The Kier molecular flexibility index (Phi) is 3.11. The Labute approximate surface area is 112 Å². The molecule has 1 aromatic carbocycles. The molecule has 19 heavy (non-hydrogen) atoms. The van der Waals surface area contributed by atoms with Gasteiger partial charge in [0.15, 0.2) is 0 Å². The molecule has 0 aliphatic heterocycles. The summed E-state index contributed by atoms with van der Waals surface area (Å²) in [5, 5.41) is 5.55. The van der Waals surface area contributed by atoms with E-state index < -0.39 is 0 Å². The summed E-state index contributed by atoms with van der Waals surface area (Å²) in [7, 11) is 0. The predicted octanol–water partition coefficient (Wildman–Crippen LogP) is 3.73. The van der Waals surface area contributed by atoms with E-state index >= 15 is 0 Å². The van der Waals surface area contributed by atoms with E-state index in [-0.39, 0.29) is 0 Å². The van der Waals surface area contributed by atoms with Crippen LogP contribution in [0.1, 0.15) is 6.92 Å². The van der Waals surface area contributed by atoms with Crippen LogP contribution in [0.2, 0.25) is 0 Å². The van der Waals surface area contributed by atoms with Crippen molar-refractivity contribution in [3.63, 3.8) is 0 Å². The van der Waals surface area contributed by atoms with Gasteiger partial charge in [0.2, 0.25) is 0 Å². The van der Waals surface area contributed by atoms with Crippen molar-refractivity contribution in [3.05, 3.63) is 54.9 Å². The number of hydrogen-bond donors (Lipinski definition) is 1. The van der Waals surface area contributed by atoms with Crippen molar-refractivity contribution < 1.29 is 0 Å². The normalized spacial score (nSPS) is 10.6. The quantitative estimate of drug-likeness (QED) is 0.768. The topological polar surface area (TPSA) is 37.8 Å². The van der Waals surface area contributed by atoms with Gasteiger partial charge in [0.25, 0.3) is 0 Å². The highest BCUT2D eigenvalue weighted by Gasteiger charge is 2.05. The fourth-order valence-corrected chi connectivity index (χ4v) is 2.20. The lowest BCUT2D eigenvalue weighted by molar-refractivity contribution is 1.16. The second-order valence-electron chi connectivity index (χ2n) is 4.34. The molecule has 0 aliphatic rings. The molecule has 0 fully saturated rings. The maximum absolute atomic E-state index is 4.64. The summed E-state index contributed by atoms with van der Waals surface area (Å²) < 4.78 is 0. The maximum Gasteiger partial charge on any atom is 0.126 e. The van der Waals surface area contributed by atoms with Crippen LogP contribution in [-0.2, 0) is 0 Å². The van der Waals surface area contributed by atoms with Crippen LogP contribution in [0.4, 0.5) is 5.82 Å². The Hall–Kier alpha value is -2.42. The standard InChI is InChI=1S/C16H15N3/c1-2-18-16-8-4-7-15(19-16)13-6-3-5-12-9-10-17-11-14(12)13/h3-11H,2H2,1H3,(H,18,19). The molecular weight excluding hydrogens is 234 g/mol. The number of nitrogens with one attached hydrogen (secondary N) is 1. The molecule has 0 bridgehead atoms. The van der Waals surface area contributed by atoms with E-state index in [0.29, 0.717) is 0 Å². The van der Waals surface area contributed by atoms with Gasteiger partial charge in [-0.1, -0.05) is 24.3 Å². The van der Waals surface area contributed by atoms with Gasteiger partial charge in [-0.15, -0.1) is 0 Å². The zero-order valence-corrected chi connectivity index (χ0v) is 10.8. The van der Waals surface area contributed by atoms with E-state index in [2.05, 4.69) is 40.4 Å². The van der Waals surface area contributed by atoms with E-state index in [9.17, 15) is 0 Å². The second-order valence-corrected chi connectivity index (χ2v) is 4.34. The molecule has 0 spiro atoms. The van der Waals surface area contributed by atoms with E-state index in [4.69, 9.17) is 0 Å². The number of pyridine rings is 2. The molecule has 3 heteroatoms. The first-order valence-corrected chi connectivity index (χ1v) is 6.42. The lowest BCUT2D eigenvalue weighted by Gasteiger charge is -2.08. The molecule has 0 unspecified atom stereocenters. The molecular formula is C16H15N3. The Morgan fingerprint density at radius 3 is 2.84 bits per heavy atom. The summed E-state index contributed by atoms with van der Waals surface area (Å²) in [6, 6.07) is 14.3. The SMILES string of the molecule is CCNc1cccc(-c2cccc3ccncc23)n1. The van der Waals surface area contributed by atoms with Gasteiger partial charge in [-0.3, -0.25) is 4.98 Å². The molecule has 3 rings (SSSR count). The van der Waals surface area contributed by atoms with Crippen LogP contribution in [0.5, 0.6) is 0 Å². The van der Waals surface area contributed by atoms with Crippen molar-refractivity contribution in [3.8, 4) is 11.3 Å². The van der Waals surface area contributed by atoms with E-state index in [1.54, 1.807) is 0 Å². The van der Waals surface area contributed by atoms with E-state index in [1.807, 2.05) is 36.7 Å². The molecule has 0 aliphatic carbocycles. The van der Waals surface area contributed by atoms with Crippen LogP contribution < -0.4 is 5.32 Å². The molecule has 1 N–H and O–H groups in total. The zero-order valence-electron chi connectivity index (χ0n) is 10.8. The van der Waals surface area contributed by atoms with Crippen molar-refractivity contribution in [2.75, 3.05) is 11.9 Å². The van der Waals surface area contributed by atoms with E-state index in [1.165, 1.54) is 5.39 Å². The lowest BCUT2D eigenvalue weighted by atomic mass is 10.0. The van der Waals surface area contributed by atoms with Gasteiger partial charge in [-0.25, -0.2) is 4.98 Å². The summed E-state index contributed by atoms with van der Waals surface area (Å²) in [6.45, 7) is 2.93. The van der Waals surface area contributed by atoms with E-state index in [0.717, 1.165) is 29.0 Å². The molecule has 0 radical (unpaired) electrons. The van der Waals surface area contributed by atoms with Gasteiger partial charge in [0.1, 0.15) is 5.82 Å². The average molecular weight is 249 g/mol. The third-order valence-electron chi connectivity index (χ3n) is 3.07. The Morgan fingerprint density at radius 2 is 1.95 bits per heavy atom. The van der Waals surface area contributed by atoms with Crippen molar-refractivity contribution >= 4 is 16.6 Å². The van der Waals surface area contributed by atoms with Crippen LogP contribution in [0.3, 0.4) is 0 Å². The predicted molar refractivity (Wildman–Crippen MR) is 79.1 cm³/mol. The lowest BCUT2D eigenvalue weighted by Crippen LogP contribution is -1.99.